The van der Waals surface area contributed by atoms with Crippen LogP contribution >= 0.6 is 0 Å². The molecule has 1 N–H and O–H groups in total. The van der Waals surface area contributed by atoms with Crippen molar-refractivity contribution in [3.63, 3.8) is 0 Å². The first-order chi connectivity index (χ1) is 11.4. The Morgan fingerprint density at radius 3 is 2.58 bits per heavy atom. The quantitative estimate of drug-likeness (QED) is 0.785. The zero-order valence-electron chi connectivity index (χ0n) is 12.4. The average molecular weight is 350 g/mol. The molecule has 6 nitrogen and oxygen atoms in total. The van der Waals surface area contributed by atoms with Crippen LogP contribution in [0.25, 0.3) is 5.69 Å². The summed E-state index contributed by atoms with van der Waals surface area (Å²) in [4.78, 5) is -0.756. The minimum absolute atomic E-state index is 0.198. The summed E-state index contributed by atoms with van der Waals surface area (Å²) in [7, 11) is -4.27. The van der Waals surface area contributed by atoms with Gasteiger partial charge in [0.1, 0.15) is 17.0 Å². The van der Waals surface area contributed by atoms with Gasteiger partial charge in [-0.3, -0.25) is 9.29 Å². The van der Waals surface area contributed by atoms with E-state index in [2.05, 4.69) is 14.9 Å². The largest absolute Gasteiger partial charge is 0.286 e. The molecule has 0 bridgehead atoms. The van der Waals surface area contributed by atoms with Crippen LogP contribution in [0.3, 0.4) is 0 Å². The predicted octanol–water partition coefficient (Wildman–Crippen LogP) is 2.65. The number of benzene rings is 2. The molecule has 2 aromatic carbocycles. The third-order valence-electron chi connectivity index (χ3n) is 3.30. The number of nitrogens with one attached hydrogen (secondary N) is 1. The predicted molar refractivity (Wildman–Crippen MR) is 83.3 cm³/mol. The molecule has 0 amide bonds. The van der Waals surface area contributed by atoms with Crippen molar-refractivity contribution in [3.8, 4) is 5.69 Å². The molecule has 0 saturated carbocycles. The van der Waals surface area contributed by atoms with Gasteiger partial charge in [0, 0.05) is 0 Å². The van der Waals surface area contributed by atoms with E-state index in [1.54, 1.807) is 23.6 Å². The lowest BCUT2D eigenvalue weighted by molar-refractivity contribution is 0.485. The highest BCUT2D eigenvalue weighted by Crippen LogP contribution is 2.22. The Kier molecular flexibility index (Phi) is 4.02. The van der Waals surface area contributed by atoms with Gasteiger partial charge in [0.25, 0.3) is 10.0 Å². The molecule has 0 aliphatic rings. The normalized spacial score (nSPS) is 11.5. The average Bonchev–Trinajstić information content (AvgIpc) is 2.96. The van der Waals surface area contributed by atoms with Crippen molar-refractivity contribution >= 4 is 15.7 Å². The fraction of sp³-hybridized carbons (Fsp3) is 0.0667. The number of hydrogen-bond donors (Lipinski definition) is 1. The molecule has 0 aliphatic heterocycles. The zero-order valence-corrected chi connectivity index (χ0v) is 13.3. The van der Waals surface area contributed by atoms with Gasteiger partial charge in [0.05, 0.1) is 11.4 Å². The van der Waals surface area contributed by atoms with Crippen LogP contribution in [0.2, 0.25) is 0 Å². The molecule has 3 rings (SSSR count). The molecule has 0 saturated heterocycles. The monoisotopic (exact) mass is 350 g/mol. The van der Waals surface area contributed by atoms with Crippen molar-refractivity contribution in [2.45, 2.75) is 11.8 Å². The Labute approximate surface area is 136 Å². The number of anilines is 1. The van der Waals surface area contributed by atoms with Gasteiger partial charge in [0.15, 0.2) is 11.6 Å². The van der Waals surface area contributed by atoms with Crippen molar-refractivity contribution in [1.29, 1.82) is 0 Å². The molecular weight excluding hydrogens is 338 g/mol. The van der Waals surface area contributed by atoms with Crippen molar-refractivity contribution in [1.82, 2.24) is 14.8 Å². The first kappa shape index (κ1) is 16.1. The fourth-order valence-electron chi connectivity index (χ4n) is 2.17. The van der Waals surface area contributed by atoms with Gasteiger partial charge in [-0.05, 0) is 37.3 Å². The molecule has 9 heteroatoms. The molecule has 0 unspecified atom stereocenters. The van der Waals surface area contributed by atoms with E-state index < -0.39 is 26.6 Å². The van der Waals surface area contributed by atoms with Crippen LogP contribution < -0.4 is 4.72 Å². The molecule has 0 aliphatic carbocycles. The van der Waals surface area contributed by atoms with E-state index in [1.165, 1.54) is 18.5 Å². The molecule has 1 aromatic heterocycles. The van der Waals surface area contributed by atoms with E-state index >= 15 is 0 Å². The number of aryl methyl sites for hydroxylation is 1. The maximum Gasteiger partial charge on any atom is 0.264 e. The Balaban J connectivity index is 1.96. The van der Waals surface area contributed by atoms with Gasteiger partial charge in [0.2, 0.25) is 0 Å². The second-order valence-electron chi connectivity index (χ2n) is 4.96. The van der Waals surface area contributed by atoms with Crippen molar-refractivity contribution in [2.24, 2.45) is 0 Å². The van der Waals surface area contributed by atoms with E-state index in [0.29, 0.717) is 11.5 Å². The lowest BCUT2D eigenvalue weighted by atomic mass is 10.3. The third kappa shape index (κ3) is 2.98. The molecule has 0 radical (unpaired) electrons. The molecule has 0 fully saturated rings. The summed E-state index contributed by atoms with van der Waals surface area (Å²) in [5.74, 6) is -2.03. The summed E-state index contributed by atoms with van der Waals surface area (Å²) in [6, 6.07) is 9.36. The fourth-order valence-corrected chi connectivity index (χ4v) is 3.31. The van der Waals surface area contributed by atoms with Crippen LogP contribution in [-0.4, -0.2) is 23.2 Å². The van der Waals surface area contributed by atoms with Gasteiger partial charge in [-0.1, -0.05) is 12.1 Å². The summed E-state index contributed by atoms with van der Waals surface area (Å²) < 4.78 is 55.5. The number of aromatic nitrogens is 3. The highest BCUT2D eigenvalue weighted by atomic mass is 32.2. The topological polar surface area (TPSA) is 76.9 Å². The van der Waals surface area contributed by atoms with Crippen LogP contribution in [0.15, 0.2) is 53.7 Å². The van der Waals surface area contributed by atoms with Crippen molar-refractivity contribution < 1.29 is 17.2 Å². The summed E-state index contributed by atoms with van der Waals surface area (Å²) in [5.41, 5.74) is 0.821. The van der Waals surface area contributed by atoms with E-state index in [-0.39, 0.29) is 5.69 Å². The smallest absolute Gasteiger partial charge is 0.264 e. The van der Waals surface area contributed by atoms with E-state index in [1.807, 2.05) is 0 Å². The zero-order chi connectivity index (χ0) is 17.3. The molecule has 0 atom stereocenters. The summed E-state index contributed by atoms with van der Waals surface area (Å²) in [6.07, 6.45) is 1.48. The summed E-state index contributed by atoms with van der Waals surface area (Å²) in [5, 5.41) is 7.60. The van der Waals surface area contributed by atoms with Gasteiger partial charge in [-0.2, -0.15) is 0 Å². The molecule has 24 heavy (non-hydrogen) atoms. The number of hydrogen-bond acceptors (Lipinski definition) is 4. The molecule has 3 aromatic rings. The highest BCUT2D eigenvalue weighted by Gasteiger charge is 2.21. The third-order valence-corrected chi connectivity index (χ3v) is 4.70. The van der Waals surface area contributed by atoms with Crippen molar-refractivity contribution in [3.05, 3.63) is 66.3 Å². The Morgan fingerprint density at radius 2 is 1.88 bits per heavy atom. The van der Waals surface area contributed by atoms with Gasteiger partial charge in [-0.25, -0.2) is 17.2 Å². The van der Waals surface area contributed by atoms with Gasteiger partial charge < -0.3 is 0 Å². The minimum atomic E-state index is -4.27. The molecule has 0 spiro atoms. The van der Waals surface area contributed by atoms with Gasteiger partial charge >= 0.3 is 0 Å². The second kappa shape index (κ2) is 6.00. The maximum atomic E-state index is 13.7. The molecule has 1 heterocycles. The van der Waals surface area contributed by atoms with E-state index in [0.717, 1.165) is 18.2 Å². The lowest BCUT2D eigenvalue weighted by Crippen LogP contribution is -2.15. The first-order valence-electron chi connectivity index (χ1n) is 6.82. The summed E-state index contributed by atoms with van der Waals surface area (Å²) >= 11 is 0. The van der Waals surface area contributed by atoms with E-state index in [9.17, 15) is 17.2 Å². The molecule has 124 valence electrons. The van der Waals surface area contributed by atoms with Crippen LogP contribution in [-0.2, 0) is 10.0 Å². The van der Waals surface area contributed by atoms with Crippen LogP contribution in [0.1, 0.15) is 5.82 Å². The summed E-state index contributed by atoms with van der Waals surface area (Å²) in [6.45, 7) is 1.74. The Bertz CT molecular complexity index is 1000. The standard InChI is InChI=1S/C15H12F2N4O2S/c1-10-19-18-9-21(10)12-5-2-4-11(8-12)20-24(22,23)14-7-3-6-13(16)15(14)17/h2-9,20H,1H3. The highest BCUT2D eigenvalue weighted by molar-refractivity contribution is 7.92. The minimum Gasteiger partial charge on any atom is -0.286 e. The number of nitrogens with zero attached hydrogens (tertiary/aromatic N) is 3. The number of rotatable bonds is 4. The van der Waals surface area contributed by atoms with Crippen LogP contribution in [0, 0.1) is 18.6 Å². The van der Waals surface area contributed by atoms with Crippen LogP contribution in [0.4, 0.5) is 14.5 Å². The van der Waals surface area contributed by atoms with Crippen LogP contribution in [0.5, 0.6) is 0 Å². The Morgan fingerprint density at radius 1 is 1.12 bits per heavy atom. The maximum absolute atomic E-state index is 13.7. The number of halogens is 2. The Hall–Kier alpha value is -2.81. The molecular formula is C15H12F2N4O2S. The number of sulfonamides is 1. The van der Waals surface area contributed by atoms with Crippen molar-refractivity contribution in [2.75, 3.05) is 4.72 Å². The van der Waals surface area contributed by atoms with Gasteiger partial charge in [-0.15, -0.1) is 10.2 Å². The first-order valence-corrected chi connectivity index (χ1v) is 8.31. The van der Waals surface area contributed by atoms with E-state index in [4.69, 9.17) is 0 Å². The SMILES string of the molecule is Cc1nncn1-c1cccc(NS(=O)(=O)c2cccc(F)c2F)c1. The lowest BCUT2D eigenvalue weighted by Gasteiger charge is -2.11. The second-order valence-corrected chi connectivity index (χ2v) is 6.61.